The number of primary amides is 1. The lowest BCUT2D eigenvalue weighted by Crippen LogP contribution is -2.20. The number of nitrogens with two attached hydrogens (primary N) is 1. The van der Waals surface area contributed by atoms with Crippen molar-refractivity contribution in [2.75, 3.05) is 11.3 Å². The molecular formula is C16H18N2O4S. The van der Waals surface area contributed by atoms with Gasteiger partial charge in [-0.15, -0.1) is 0 Å². The molecule has 0 aromatic heterocycles. The van der Waals surface area contributed by atoms with Crippen molar-refractivity contribution < 1.29 is 17.9 Å². The summed E-state index contributed by atoms with van der Waals surface area (Å²) < 4.78 is 32.5. The number of rotatable bonds is 6. The maximum Gasteiger partial charge on any atom is 0.262 e. The van der Waals surface area contributed by atoms with E-state index >= 15 is 0 Å². The summed E-state index contributed by atoms with van der Waals surface area (Å²) in [4.78, 5) is 10.9. The molecule has 2 rings (SSSR count). The molecule has 2 aromatic rings. The van der Waals surface area contributed by atoms with Crippen LogP contribution < -0.4 is 15.2 Å². The molecule has 0 spiro atoms. The van der Waals surface area contributed by atoms with Gasteiger partial charge in [0.05, 0.1) is 4.90 Å². The van der Waals surface area contributed by atoms with Crippen LogP contribution in [0.25, 0.3) is 0 Å². The highest BCUT2D eigenvalue weighted by atomic mass is 32.2. The van der Waals surface area contributed by atoms with E-state index in [0.29, 0.717) is 17.0 Å². The third-order valence-corrected chi connectivity index (χ3v) is 4.65. The van der Waals surface area contributed by atoms with Crippen LogP contribution in [-0.4, -0.2) is 20.9 Å². The van der Waals surface area contributed by atoms with Crippen LogP contribution in [0.4, 0.5) is 5.69 Å². The van der Waals surface area contributed by atoms with Gasteiger partial charge in [0, 0.05) is 5.69 Å². The zero-order valence-electron chi connectivity index (χ0n) is 12.9. The van der Waals surface area contributed by atoms with Gasteiger partial charge in [-0.05, 0) is 49.7 Å². The zero-order chi connectivity index (χ0) is 17.0. The average molecular weight is 334 g/mol. The lowest BCUT2D eigenvalue weighted by molar-refractivity contribution is -0.119. The predicted molar refractivity (Wildman–Crippen MR) is 87.9 cm³/mol. The first-order valence-electron chi connectivity index (χ1n) is 6.89. The van der Waals surface area contributed by atoms with Crippen molar-refractivity contribution in [3.05, 3.63) is 53.6 Å². The zero-order valence-corrected chi connectivity index (χ0v) is 13.7. The second-order valence-electron chi connectivity index (χ2n) is 5.15. The molecule has 0 saturated heterocycles. The number of aryl methyl sites for hydroxylation is 2. The molecular weight excluding hydrogens is 316 g/mol. The average Bonchev–Trinajstić information content (AvgIpc) is 2.45. The third-order valence-electron chi connectivity index (χ3n) is 3.11. The van der Waals surface area contributed by atoms with Crippen LogP contribution in [0, 0.1) is 13.8 Å². The summed E-state index contributed by atoms with van der Waals surface area (Å²) in [7, 11) is -3.66. The Labute approximate surface area is 135 Å². The summed E-state index contributed by atoms with van der Waals surface area (Å²) >= 11 is 0. The molecule has 3 N–H and O–H groups in total. The molecule has 0 heterocycles. The van der Waals surface area contributed by atoms with Crippen molar-refractivity contribution in [3.63, 3.8) is 0 Å². The van der Waals surface area contributed by atoms with Crippen molar-refractivity contribution in [3.8, 4) is 5.75 Å². The minimum atomic E-state index is -3.66. The van der Waals surface area contributed by atoms with Crippen LogP contribution in [0.15, 0.2) is 47.4 Å². The third kappa shape index (κ3) is 4.46. The molecule has 0 aliphatic carbocycles. The van der Waals surface area contributed by atoms with E-state index < -0.39 is 15.9 Å². The minimum absolute atomic E-state index is 0.229. The van der Waals surface area contributed by atoms with E-state index in [2.05, 4.69) is 4.72 Å². The predicted octanol–water partition coefficient (Wildman–Crippen LogP) is 1.97. The van der Waals surface area contributed by atoms with Gasteiger partial charge in [-0.3, -0.25) is 9.52 Å². The van der Waals surface area contributed by atoms with Gasteiger partial charge in [0.1, 0.15) is 5.75 Å². The molecule has 0 unspecified atom stereocenters. The number of amides is 1. The highest BCUT2D eigenvalue weighted by Gasteiger charge is 2.16. The van der Waals surface area contributed by atoms with Crippen molar-refractivity contribution in [2.45, 2.75) is 18.7 Å². The van der Waals surface area contributed by atoms with Crippen molar-refractivity contribution in [1.82, 2.24) is 0 Å². The molecule has 0 aliphatic heterocycles. The van der Waals surface area contributed by atoms with Gasteiger partial charge >= 0.3 is 0 Å². The van der Waals surface area contributed by atoms with Gasteiger partial charge in [-0.2, -0.15) is 0 Å². The molecule has 0 radical (unpaired) electrons. The quantitative estimate of drug-likeness (QED) is 0.843. The molecule has 23 heavy (non-hydrogen) atoms. The van der Waals surface area contributed by atoms with Gasteiger partial charge in [-0.1, -0.05) is 17.7 Å². The Kier molecular flexibility index (Phi) is 4.90. The molecule has 122 valence electrons. The van der Waals surface area contributed by atoms with E-state index in [4.69, 9.17) is 10.5 Å². The monoisotopic (exact) mass is 334 g/mol. The highest BCUT2D eigenvalue weighted by Crippen LogP contribution is 2.22. The molecule has 0 fully saturated rings. The van der Waals surface area contributed by atoms with E-state index in [1.807, 2.05) is 13.0 Å². The molecule has 0 atom stereocenters. The largest absolute Gasteiger partial charge is 0.484 e. The maximum atomic E-state index is 12.4. The minimum Gasteiger partial charge on any atom is -0.484 e. The molecule has 7 heteroatoms. The first-order valence-corrected chi connectivity index (χ1v) is 8.37. The molecule has 1 amide bonds. The molecule has 0 saturated carbocycles. The van der Waals surface area contributed by atoms with E-state index in [9.17, 15) is 13.2 Å². The molecule has 2 aromatic carbocycles. The highest BCUT2D eigenvalue weighted by molar-refractivity contribution is 7.92. The first kappa shape index (κ1) is 16.8. The molecule has 0 aliphatic rings. The van der Waals surface area contributed by atoms with E-state index in [1.165, 1.54) is 0 Å². The summed E-state index contributed by atoms with van der Waals surface area (Å²) in [5.41, 5.74) is 7.06. The number of anilines is 1. The van der Waals surface area contributed by atoms with Crippen LogP contribution >= 0.6 is 0 Å². The topological polar surface area (TPSA) is 98.5 Å². The number of sulfonamides is 1. The van der Waals surface area contributed by atoms with Crippen LogP contribution in [0.3, 0.4) is 0 Å². The summed E-state index contributed by atoms with van der Waals surface area (Å²) in [6.45, 7) is 3.43. The number of ether oxygens (including phenoxy) is 1. The van der Waals surface area contributed by atoms with Crippen molar-refractivity contribution >= 4 is 21.6 Å². The lowest BCUT2D eigenvalue weighted by atomic mass is 10.2. The summed E-state index contributed by atoms with van der Waals surface area (Å²) in [6, 6.07) is 11.4. The normalized spacial score (nSPS) is 11.0. The van der Waals surface area contributed by atoms with E-state index in [1.54, 1.807) is 43.3 Å². The Balaban J connectivity index is 2.15. The standard InChI is InChI=1S/C16H18N2O4S/c1-11-3-8-15(12(2)9-11)23(20,21)18-13-4-6-14(7-5-13)22-10-16(17)19/h3-9,18H,10H2,1-2H3,(H2,17,19). The van der Waals surface area contributed by atoms with Crippen molar-refractivity contribution in [2.24, 2.45) is 5.73 Å². The number of carbonyl (C=O) groups is 1. The number of nitrogens with one attached hydrogen (secondary N) is 1. The maximum absolute atomic E-state index is 12.4. The second-order valence-corrected chi connectivity index (χ2v) is 6.80. The van der Waals surface area contributed by atoms with Gasteiger partial charge in [0.25, 0.3) is 15.9 Å². The van der Waals surface area contributed by atoms with Crippen molar-refractivity contribution in [1.29, 1.82) is 0 Å². The summed E-state index contributed by atoms with van der Waals surface area (Å²) in [5, 5.41) is 0. The number of benzene rings is 2. The Bertz CT molecular complexity index is 814. The number of carbonyl (C=O) groups excluding carboxylic acids is 1. The van der Waals surface area contributed by atoms with Crippen LogP contribution in [-0.2, 0) is 14.8 Å². The van der Waals surface area contributed by atoms with Gasteiger partial charge in [0.15, 0.2) is 6.61 Å². The lowest BCUT2D eigenvalue weighted by Gasteiger charge is -2.11. The van der Waals surface area contributed by atoms with E-state index in [-0.39, 0.29) is 11.5 Å². The Morgan fingerprint density at radius 2 is 1.78 bits per heavy atom. The fourth-order valence-corrected chi connectivity index (χ4v) is 3.37. The summed E-state index contributed by atoms with van der Waals surface area (Å²) in [5.74, 6) is -0.150. The number of hydrogen-bond donors (Lipinski definition) is 2. The Hall–Kier alpha value is -2.54. The van der Waals surface area contributed by atoms with Gasteiger partial charge < -0.3 is 10.5 Å². The van der Waals surface area contributed by atoms with Crippen LogP contribution in [0.5, 0.6) is 5.75 Å². The molecule has 6 nitrogen and oxygen atoms in total. The van der Waals surface area contributed by atoms with Crippen LogP contribution in [0.1, 0.15) is 11.1 Å². The van der Waals surface area contributed by atoms with Gasteiger partial charge in [0.2, 0.25) is 0 Å². The number of hydrogen-bond acceptors (Lipinski definition) is 4. The second kappa shape index (κ2) is 6.70. The summed E-state index contributed by atoms with van der Waals surface area (Å²) in [6.07, 6.45) is 0. The van der Waals surface area contributed by atoms with Gasteiger partial charge in [-0.25, -0.2) is 8.42 Å². The SMILES string of the molecule is Cc1ccc(S(=O)(=O)Nc2ccc(OCC(N)=O)cc2)c(C)c1. The Morgan fingerprint density at radius 3 is 2.35 bits per heavy atom. The first-order chi connectivity index (χ1) is 10.8. The van der Waals surface area contributed by atoms with E-state index in [0.717, 1.165) is 5.56 Å². The fourth-order valence-electron chi connectivity index (χ4n) is 2.08. The fraction of sp³-hybridized carbons (Fsp3) is 0.188. The molecule has 0 bridgehead atoms. The smallest absolute Gasteiger partial charge is 0.262 e. The Morgan fingerprint density at radius 1 is 1.13 bits per heavy atom. The van der Waals surface area contributed by atoms with Crippen LogP contribution in [0.2, 0.25) is 0 Å².